The number of carbonyl (C=O) groups excluding carboxylic acids is 1. The summed E-state index contributed by atoms with van der Waals surface area (Å²) in [5.41, 5.74) is -0.119. The monoisotopic (exact) mass is 238 g/mol. The van der Waals surface area contributed by atoms with Crippen LogP contribution in [0, 0.1) is 5.41 Å². The third-order valence-corrected chi connectivity index (χ3v) is 2.55. The largest absolute Gasteiger partial charge is 0.396 e. The van der Waals surface area contributed by atoms with Crippen molar-refractivity contribution in [1.82, 2.24) is 10.3 Å². The van der Waals surface area contributed by atoms with Crippen LogP contribution >= 0.6 is 0 Å². The first kappa shape index (κ1) is 13.4. The molecule has 1 heterocycles. The van der Waals surface area contributed by atoms with Crippen molar-refractivity contribution in [2.24, 2.45) is 5.41 Å². The number of amides is 1. The summed E-state index contributed by atoms with van der Waals surface area (Å²) < 4.78 is 0. The predicted octanol–water partition coefficient (Wildman–Crippen LogP) is 0.513. The number of aromatic amines is 1. The highest BCUT2D eigenvalue weighted by atomic mass is 16.3. The van der Waals surface area contributed by atoms with E-state index in [1.807, 2.05) is 13.8 Å². The Bertz CT molecular complexity index is 437. The van der Waals surface area contributed by atoms with Crippen molar-refractivity contribution in [3.05, 3.63) is 34.2 Å². The van der Waals surface area contributed by atoms with E-state index in [0.29, 0.717) is 18.5 Å². The predicted molar refractivity (Wildman–Crippen MR) is 64.9 cm³/mol. The van der Waals surface area contributed by atoms with Gasteiger partial charge in [0.05, 0.1) is 0 Å². The van der Waals surface area contributed by atoms with Gasteiger partial charge in [-0.15, -0.1) is 0 Å². The molecule has 17 heavy (non-hydrogen) atoms. The van der Waals surface area contributed by atoms with E-state index >= 15 is 0 Å². The first-order chi connectivity index (χ1) is 7.94. The summed E-state index contributed by atoms with van der Waals surface area (Å²) in [7, 11) is 0. The van der Waals surface area contributed by atoms with Gasteiger partial charge in [0.2, 0.25) is 5.56 Å². The molecule has 0 radical (unpaired) electrons. The Morgan fingerprint density at radius 1 is 1.53 bits per heavy atom. The molecule has 5 nitrogen and oxygen atoms in total. The molecule has 0 aromatic carbocycles. The lowest BCUT2D eigenvalue weighted by molar-refractivity contribution is 0.0928. The Balaban J connectivity index is 2.59. The van der Waals surface area contributed by atoms with Crippen LogP contribution in [0.25, 0.3) is 0 Å². The van der Waals surface area contributed by atoms with Crippen molar-refractivity contribution in [2.45, 2.75) is 20.3 Å². The number of rotatable bonds is 5. The van der Waals surface area contributed by atoms with Gasteiger partial charge >= 0.3 is 0 Å². The van der Waals surface area contributed by atoms with E-state index in [4.69, 9.17) is 5.11 Å². The zero-order valence-corrected chi connectivity index (χ0v) is 10.1. The zero-order valence-electron chi connectivity index (χ0n) is 10.1. The molecule has 1 rings (SSSR count). The number of aliphatic hydroxyl groups is 1. The van der Waals surface area contributed by atoms with Crippen LogP contribution in [0.1, 0.15) is 30.6 Å². The lowest BCUT2D eigenvalue weighted by Gasteiger charge is -2.23. The minimum Gasteiger partial charge on any atom is -0.396 e. The average molecular weight is 238 g/mol. The van der Waals surface area contributed by atoms with Gasteiger partial charge in [-0.25, -0.2) is 0 Å². The van der Waals surface area contributed by atoms with E-state index in [1.165, 1.54) is 12.3 Å². The minimum atomic E-state index is -0.299. The smallest absolute Gasteiger partial charge is 0.251 e. The van der Waals surface area contributed by atoms with Crippen LogP contribution in [0.4, 0.5) is 0 Å². The second-order valence-electron chi connectivity index (χ2n) is 4.76. The van der Waals surface area contributed by atoms with Gasteiger partial charge in [-0.2, -0.15) is 0 Å². The maximum atomic E-state index is 11.7. The molecule has 3 N–H and O–H groups in total. The number of hydrogen-bond acceptors (Lipinski definition) is 3. The van der Waals surface area contributed by atoms with Gasteiger partial charge in [-0.3, -0.25) is 9.59 Å². The molecular formula is C12H18N2O3. The molecular weight excluding hydrogens is 220 g/mol. The lowest BCUT2D eigenvalue weighted by atomic mass is 9.89. The quantitative estimate of drug-likeness (QED) is 0.699. The number of aliphatic hydroxyl groups excluding tert-OH is 1. The van der Waals surface area contributed by atoms with Crippen LogP contribution in [0.3, 0.4) is 0 Å². The molecule has 0 unspecified atom stereocenters. The van der Waals surface area contributed by atoms with Crippen LogP contribution in [-0.2, 0) is 0 Å². The second-order valence-corrected chi connectivity index (χ2v) is 4.76. The summed E-state index contributed by atoms with van der Waals surface area (Å²) in [6, 6.07) is 2.81. The van der Waals surface area contributed by atoms with Crippen molar-refractivity contribution in [3.63, 3.8) is 0 Å². The Morgan fingerprint density at radius 3 is 2.82 bits per heavy atom. The summed E-state index contributed by atoms with van der Waals surface area (Å²) in [5.74, 6) is -0.276. The molecule has 0 saturated heterocycles. The SMILES string of the molecule is CC(C)(CCO)CNC(=O)c1cc[nH]c(=O)c1. The first-order valence-corrected chi connectivity index (χ1v) is 5.52. The number of pyridine rings is 1. The van der Waals surface area contributed by atoms with Gasteiger partial charge in [0.25, 0.3) is 5.91 Å². The van der Waals surface area contributed by atoms with Crippen LogP contribution in [0.5, 0.6) is 0 Å². The number of H-pyrrole nitrogens is 1. The summed E-state index contributed by atoms with van der Waals surface area (Å²) >= 11 is 0. The Morgan fingerprint density at radius 2 is 2.24 bits per heavy atom. The molecule has 0 aliphatic rings. The molecule has 1 amide bonds. The molecule has 0 aliphatic heterocycles. The van der Waals surface area contributed by atoms with Crippen molar-refractivity contribution in [1.29, 1.82) is 0 Å². The maximum Gasteiger partial charge on any atom is 0.251 e. The standard InChI is InChI=1S/C12H18N2O3/c1-12(2,4-6-15)8-14-11(17)9-3-5-13-10(16)7-9/h3,5,7,15H,4,6,8H2,1-2H3,(H,13,16)(H,14,17). The van der Waals surface area contributed by atoms with Crippen LogP contribution < -0.4 is 10.9 Å². The van der Waals surface area contributed by atoms with Crippen molar-refractivity contribution >= 4 is 5.91 Å². The van der Waals surface area contributed by atoms with E-state index in [-0.39, 0.29) is 23.5 Å². The fourth-order valence-corrected chi connectivity index (χ4v) is 1.40. The molecule has 5 heteroatoms. The average Bonchev–Trinajstić information content (AvgIpc) is 2.26. The molecule has 0 saturated carbocycles. The maximum absolute atomic E-state index is 11.7. The van der Waals surface area contributed by atoms with E-state index < -0.39 is 0 Å². The summed E-state index contributed by atoms with van der Waals surface area (Å²) in [6.45, 7) is 4.47. The van der Waals surface area contributed by atoms with Crippen molar-refractivity contribution < 1.29 is 9.90 Å². The van der Waals surface area contributed by atoms with E-state index in [9.17, 15) is 9.59 Å². The van der Waals surface area contributed by atoms with Crippen molar-refractivity contribution in [2.75, 3.05) is 13.2 Å². The minimum absolute atomic E-state index is 0.0911. The molecule has 0 spiro atoms. The molecule has 1 aromatic rings. The number of aromatic nitrogens is 1. The highest BCUT2D eigenvalue weighted by molar-refractivity contribution is 5.93. The van der Waals surface area contributed by atoms with E-state index in [0.717, 1.165) is 0 Å². The Kier molecular flexibility index (Phi) is 4.45. The number of nitrogens with one attached hydrogen (secondary N) is 2. The first-order valence-electron chi connectivity index (χ1n) is 5.52. The topological polar surface area (TPSA) is 82.2 Å². The lowest BCUT2D eigenvalue weighted by Crippen LogP contribution is -2.34. The van der Waals surface area contributed by atoms with Crippen LogP contribution in [0.2, 0.25) is 0 Å². The Hall–Kier alpha value is -1.62. The van der Waals surface area contributed by atoms with E-state index in [1.54, 1.807) is 6.07 Å². The van der Waals surface area contributed by atoms with Gasteiger partial charge in [-0.1, -0.05) is 13.8 Å². The molecule has 0 aliphatic carbocycles. The normalized spacial score (nSPS) is 11.2. The Labute approximate surface area is 99.9 Å². The van der Waals surface area contributed by atoms with Gasteiger partial charge in [0.15, 0.2) is 0 Å². The molecule has 1 aromatic heterocycles. The molecule has 0 fully saturated rings. The zero-order chi connectivity index (χ0) is 12.9. The fraction of sp³-hybridized carbons (Fsp3) is 0.500. The van der Waals surface area contributed by atoms with Gasteiger partial charge in [-0.05, 0) is 17.9 Å². The summed E-state index contributed by atoms with van der Waals surface area (Å²) in [5, 5.41) is 11.6. The number of hydrogen-bond donors (Lipinski definition) is 3. The molecule has 94 valence electrons. The van der Waals surface area contributed by atoms with Gasteiger partial charge in [0, 0.05) is 31.0 Å². The van der Waals surface area contributed by atoms with Gasteiger partial charge in [0.1, 0.15) is 0 Å². The molecule has 0 bridgehead atoms. The van der Waals surface area contributed by atoms with Crippen molar-refractivity contribution in [3.8, 4) is 0 Å². The molecule has 0 atom stereocenters. The fourth-order valence-electron chi connectivity index (χ4n) is 1.40. The third-order valence-electron chi connectivity index (χ3n) is 2.55. The highest BCUT2D eigenvalue weighted by Crippen LogP contribution is 2.18. The summed E-state index contributed by atoms with van der Waals surface area (Å²) in [4.78, 5) is 25.2. The second kappa shape index (κ2) is 5.63. The van der Waals surface area contributed by atoms with Crippen LogP contribution in [0.15, 0.2) is 23.1 Å². The van der Waals surface area contributed by atoms with E-state index in [2.05, 4.69) is 10.3 Å². The highest BCUT2D eigenvalue weighted by Gasteiger charge is 2.18. The number of carbonyl (C=O) groups is 1. The third kappa shape index (κ3) is 4.40. The summed E-state index contributed by atoms with van der Waals surface area (Å²) in [6.07, 6.45) is 2.05. The van der Waals surface area contributed by atoms with Gasteiger partial charge < -0.3 is 15.4 Å². The van der Waals surface area contributed by atoms with Crippen LogP contribution in [-0.4, -0.2) is 29.1 Å².